The van der Waals surface area contributed by atoms with Crippen LogP contribution in [0.15, 0.2) is 24.3 Å². The zero-order chi connectivity index (χ0) is 14.9. The fourth-order valence-electron chi connectivity index (χ4n) is 2.18. The molecular weight excluding hydrogens is 300 g/mol. The van der Waals surface area contributed by atoms with Crippen molar-refractivity contribution in [2.45, 2.75) is 6.92 Å². The smallest absolute Gasteiger partial charge is 0.162 e. The molecule has 0 unspecified atom stereocenters. The van der Waals surface area contributed by atoms with Gasteiger partial charge in [-0.1, -0.05) is 24.0 Å². The van der Waals surface area contributed by atoms with Gasteiger partial charge in [0.25, 0.3) is 0 Å². The summed E-state index contributed by atoms with van der Waals surface area (Å²) in [6.07, 6.45) is 0. The van der Waals surface area contributed by atoms with Crippen LogP contribution in [-0.4, -0.2) is 62.8 Å². The number of hydrogen-bond donors (Lipinski definition) is 0. The molecule has 1 aromatic carbocycles. The number of nitrogens with zero attached hydrogens (tertiary/aromatic N) is 2. The van der Waals surface area contributed by atoms with Gasteiger partial charge < -0.3 is 14.4 Å². The van der Waals surface area contributed by atoms with Crippen LogP contribution in [0.3, 0.4) is 0 Å². The number of para-hydroxylation sites is 2. The molecule has 1 heterocycles. The third kappa shape index (κ3) is 6.15. The van der Waals surface area contributed by atoms with Gasteiger partial charge in [-0.25, -0.2) is 0 Å². The van der Waals surface area contributed by atoms with Crippen LogP contribution in [0.5, 0.6) is 11.5 Å². The van der Waals surface area contributed by atoms with E-state index in [4.69, 9.17) is 9.47 Å². The molecule has 0 bridgehead atoms. The molecule has 1 aromatic rings. The van der Waals surface area contributed by atoms with Crippen molar-refractivity contribution in [1.29, 1.82) is 0 Å². The molecule has 0 saturated carbocycles. The maximum absolute atomic E-state index is 5.67. The third-order valence-corrected chi connectivity index (χ3v) is 3.47. The Hall–Kier alpha value is -1.41. The van der Waals surface area contributed by atoms with E-state index in [1.807, 2.05) is 31.2 Å². The number of hydrogen-bond acceptors (Lipinski definition) is 4. The molecule has 1 fully saturated rings. The molecule has 0 amide bonds. The summed E-state index contributed by atoms with van der Waals surface area (Å²) in [6.45, 7) is 8.27. The first-order chi connectivity index (χ1) is 10.3. The maximum atomic E-state index is 5.67. The van der Waals surface area contributed by atoms with Crippen molar-refractivity contribution >= 4 is 12.4 Å². The van der Waals surface area contributed by atoms with Crippen LogP contribution in [-0.2, 0) is 0 Å². The first-order valence-corrected chi connectivity index (χ1v) is 7.51. The zero-order valence-corrected chi connectivity index (χ0v) is 14.2. The van der Waals surface area contributed by atoms with Gasteiger partial charge in [-0.15, -0.1) is 12.4 Å². The fourth-order valence-corrected chi connectivity index (χ4v) is 2.18. The Morgan fingerprint density at radius 3 is 2.27 bits per heavy atom. The molecule has 0 radical (unpaired) electrons. The Morgan fingerprint density at radius 2 is 1.64 bits per heavy atom. The van der Waals surface area contributed by atoms with Gasteiger partial charge in [-0.2, -0.15) is 0 Å². The van der Waals surface area contributed by atoms with Crippen molar-refractivity contribution < 1.29 is 9.47 Å². The van der Waals surface area contributed by atoms with E-state index in [1.165, 1.54) is 0 Å². The van der Waals surface area contributed by atoms with Gasteiger partial charge in [0, 0.05) is 26.2 Å². The molecule has 1 saturated heterocycles. The summed E-state index contributed by atoms with van der Waals surface area (Å²) in [4.78, 5) is 4.72. The van der Waals surface area contributed by atoms with Gasteiger partial charge in [0.2, 0.25) is 0 Å². The highest BCUT2D eigenvalue weighted by atomic mass is 35.5. The molecule has 5 heteroatoms. The van der Waals surface area contributed by atoms with Gasteiger partial charge in [0.15, 0.2) is 11.5 Å². The predicted molar refractivity (Wildman–Crippen MR) is 92.1 cm³/mol. The van der Waals surface area contributed by atoms with Gasteiger partial charge in [-0.3, -0.25) is 4.90 Å². The zero-order valence-electron chi connectivity index (χ0n) is 13.4. The first kappa shape index (κ1) is 18.6. The van der Waals surface area contributed by atoms with Crippen LogP contribution < -0.4 is 9.47 Å². The molecule has 0 N–H and O–H groups in total. The number of piperazine rings is 1. The number of benzene rings is 1. The number of likely N-dealkylation sites (N-methyl/N-ethyl adjacent to an activating group) is 1. The van der Waals surface area contributed by atoms with Crippen LogP contribution in [0.25, 0.3) is 0 Å². The van der Waals surface area contributed by atoms with Gasteiger partial charge in [0.05, 0.1) is 13.2 Å². The molecule has 22 heavy (non-hydrogen) atoms. The molecular formula is C17H25ClN2O2. The van der Waals surface area contributed by atoms with Gasteiger partial charge in [-0.05, 0) is 26.1 Å². The normalized spacial score (nSPS) is 15.4. The summed E-state index contributed by atoms with van der Waals surface area (Å²) in [5.74, 6) is 7.80. The number of rotatable bonds is 5. The number of halogens is 1. The van der Waals surface area contributed by atoms with Crippen LogP contribution in [0.4, 0.5) is 0 Å². The highest BCUT2D eigenvalue weighted by molar-refractivity contribution is 5.85. The van der Waals surface area contributed by atoms with E-state index in [0.717, 1.165) is 44.2 Å². The Bertz CT molecular complexity index is 491. The molecule has 1 aliphatic heterocycles. The summed E-state index contributed by atoms with van der Waals surface area (Å²) < 4.78 is 11.2. The SMILES string of the molecule is CCOc1ccccc1OCC#CCN1CCN(C)CC1.Cl. The fraction of sp³-hybridized carbons (Fsp3) is 0.529. The first-order valence-electron chi connectivity index (χ1n) is 7.51. The summed E-state index contributed by atoms with van der Waals surface area (Å²) in [5, 5.41) is 0. The minimum Gasteiger partial charge on any atom is -0.490 e. The molecule has 0 aliphatic carbocycles. The maximum Gasteiger partial charge on any atom is 0.162 e. The Balaban J connectivity index is 0.00000242. The van der Waals surface area contributed by atoms with Crippen molar-refractivity contribution in [3.8, 4) is 23.3 Å². The molecule has 1 aliphatic rings. The molecule has 122 valence electrons. The lowest BCUT2D eigenvalue weighted by atomic mass is 10.3. The second-order valence-electron chi connectivity index (χ2n) is 5.10. The molecule has 0 spiro atoms. The largest absolute Gasteiger partial charge is 0.490 e. The highest BCUT2D eigenvalue weighted by Crippen LogP contribution is 2.25. The van der Waals surface area contributed by atoms with Crippen LogP contribution in [0, 0.1) is 11.8 Å². The van der Waals surface area contributed by atoms with Crippen LogP contribution in [0.2, 0.25) is 0 Å². The third-order valence-electron chi connectivity index (χ3n) is 3.47. The lowest BCUT2D eigenvalue weighted by Crippen LogP contribution is -2.44. The standard InChI is InChI=1S/C17H24N2O2.ClH/c1-3-20-16-8-4-5-9-17(16)21-15-7-6-10-19-13-11-18(2)12-14-19;/h4-5,8-9H,3,10-15H2,1-2H3;1H. The Kier molecular flexibility index (Phi) is 8.76. The molecule has 4 nitrogen and oxygen atoms in total. The molecule has 0 atom stereocenters. The highest BCUT2D eigenvalue weighted by Gasteiger charge is 2.11. The van der Waals surface area contributed by atoms with Crippen molar-refractivity contribution in [1.82, 2.24) is 9.80 Å². The van der Waals surface area contributed by atoms with Gasteiger partial charge in [0.1, 0.15) is 6.61 Å². The Morgan fingerprint density at radius 1 is 1.00 bits per heavy atom. The van der Waals surface area contributed by atoms with Crippen molar-refractivity contribution in [3.05, 3.63) is 24.3 Å². The van der Waals surface area contributed by atoms with E-state index in [-0.39, 0.29) is 12.4 Å². The lowest BCUT2D eigenvalue weighted by Gasteiger charge is -2.30. The van der Waals surface area contributed by atoms with Gasteiger partial charge >= 0.3 is 0 Å². The second-order valence-corrected chi connectivity index (χ2v) is 5.10. The van der Waals surface area contributed by atoms with E-state index in [2.05, 4.69) is 28.7 Å². The second kappa shape index (κ2) is 10.3. The minimum atomic E-state index is 0. The lowest BCUT2D eigenvalue weighted by molar-refractivity contribution is 0.168. The van der Waals surface area contributed by atoms with E-state index in [1.54, 1.807) is 0 Å². The summed E-state index contributed by atoms with van der Waals surface area (Å²) in [6, 6.07) is 7.70. The van der Waals surface area contributed by atoms with Crippen molar-refractivity contribution in [2.24, 2.45) is 0 Å². The average molecular weight is 325 g/mol. The monoisotopic (exact) mass is 324 g/mol. The summed E-state index contributed by atoms with van der Waals surface area (Å²) >= 11 is 0. The quantitative estimate of drug-likeness (QED) is 0.775. The van der Waals surface area contributed by atoms with E-state index in [0.29, 0.717) is 13.2 Å². The topological polar surface area (TPSA) is 24.9 Å². The van der Waals surface area contributed by atoms with Crippen LogP contribution >= 0.6 is 12.4 Å². The van der Waals surface area contributed by atoms with Crippen molar-refractivity contribution in [2.75, 3.05) is 53.0 Å². The molecule has 2 rings (SSSR count). The Labute approximate surface area is 139 Å². The minimum absolute atomic E-state index is 0. The number of ether oxygens (including phenoxy) is 2. The van der Waals surface area contributed by atoms with E-state index >= 15 is 0 Å². The van der Waals surface area contributed by atoms with E-state index < -0.39 is 0 Å². The molecule has 0 aromatic heterocycles. The summed E-state index contributed by atoms with van der Waals surface area (Å²) in [5.41, 5.74) is 0. The van der Waals surface area contributed by atoms with Crippen molar-refractivity contribution in [3.63, 3.8) is 0 Å². The predicted octanol–water partition coefficient (Wildman–Crippen LogP) is 2.14. The van der Waals surface area contributed by atoms with Crippen LogP contribution in [0.1, 0.15) is 6.92 Å². The summed E-state index contributed by atoms with van der Waals surface area (Å²) in [7, 11) is 2.16. The van der Waals surface area contributed by atoms with E-state index in [9.17, 15) is 0 Å². The average Bonchev–Trinajstić information content (AvgIpc) is 2.51.